The molecular weight excluding hydrogens is 488 g/mol. The Labute approximate surface area is 225 Å². The quantitative estimate of drug-likeness (QED) is 0.223. The van der Waals surface area contributed by atoms with Crippen molar-refractivity contribution in [3.63, 3.8) is 0 Å². The largest absolute Gasteiger partial charge is 0.496 e. The summed E-state index contributed by atoms with van der Waals surface area (Å²) in [6.45, 7) is 0. The Morgan fingerprint density at radius 3 is 1.58 bits per heavy atom. The van der Waals surface area contributed by atoms with Crippen LogP contribution in [-0.2, 0) is 15.3 Å². The van der Waals surface area contributed by atoms with E-state index in [0.717, 1.165) is 60.7 Å². The van der Waals surface area contributed by atoms with Gasteiger partial charge in [-0.15, -0.1) is 0 Å². The zero-order chi connectivity index (χ0) is 26.1. The van der Waals surface area contributed by atoms with Crippen LogP contribution in [0.5, 0.6) is 5.75 Å². The van der Waals surface area contributed by atoms with Crippen LogP contribution in [0.3, 0.4) is 0 Å². The van der Waals surface area contributed by atoms with Crippen LogP contribution in [0, 0.1) is 0 Å². The van der Waals surface area contributed by atoms with E-state index in [9.17, 15) is 4.21 Å². The first-order chi connectivity index (χ1) is 18.7. The van der Waals surface area contributed by atoms with Crippen LogP contribution < -0.4 is 4.74 Å². The van der Waals surface area contributed by atoms with E-state index in [-0.39, 0.29) is 0 Å². The summed E-state index contributed by atoms with van der Waals surface area (Å²) in [5, 5.41) is 4.15. The molecule has 186 valence electrons. The van der Waals surface area contributed by atoms with Gasteiger partial charge in [-0.05, 0) is 68.1 Å². The van der Waals surface area contributed by atoms with Crippen LogP contribution in [0.1, 0.15) is 0 Å². The third-order valence-corrected chi connectivity index (χ3v) is 7.98. The van der Waals surface area contributed by atoms with Gasteiger partial charge in [0, 0.05) is 11.1 Å². The lowest BCUT2D eigenvalue weighted by Gasteiger charge is -2.18. The zero-order valence-electron chi connectivity index (χ0n) is 21.2. The van der Waals surface area contributed by atoms with Gasteiger partial charge in [-0.1, -0.05) is 97.1 Å². The molecule has 0 spiro atoms. The third kappa shape index (κ3) is 4.28. The lowest BCUT2D eigenvalue weighted by Crippen LogP contribution is -2.00. The Hall–Kier alpha value is -4.25. The van der Waals surface area contributed by atoms with Gasteiger partial charge >= 0.3 is 0 Å². The maximum Gasteiger partial charge on any atom is 0.189 e. The monoisotopic (exact) mass is 514 g/mol. The van der Waals surface area contributed by atoms with E-state index in [2.05, 4.69) is 66.7 Å². The van der Waals surface area contributed by atoms with Crippen molar-refractivity contribution in [1.82, 2.24) is 0 Å². The standard InChI is InChI=1S/C34H26O3S/c1-36-31-19-15-27-21-25(23-9-5-3-6-10-23)13-17-29(27)33(31)34-30-18-14-26(24-11-7-4-8-12-24)22-28(30)16-20-32(34)38(35)37-2/h3-22H,1-2H3. The molecule has 4 heteroatoms. The topological polar surface area (TPSA) is 35.5 Å². The average molecular weight is 515 g/mol. The highest BCUT2D eigenvalue weighted by atomic mass is 32.2. The maximum absolute atomic E-state index is 13.2. The van der Waals surface area contributed by atoms with Gasteiger partial charge in [0.2, 0.25) is 0 Å². The molecule has 0 N–H and O–H groups in total. The normalized spacial score (nSPS) is 12.1. The van der Waals surface area contributed by atoms with Gasteiger partial charge in [0.05, 0.1) is 19.1 Å². The molecule has 0 saturated heterocycles. The summed E-state index contributed by atoms with van der Waals surface area (Å²) < 4.78 is 24.4. The lowest BCUT2D eigenvalue weighted by atomic mass is 9.90. The summed E-state index contributed by atoms with van der Waals surface area (Å²) in [6, 6.07) is 41.5. The molecule has 0 aliphatic carbocycles. The second kappa shape index (κ2) is 10.3. The van der Waals surface area contributed by atoms with E-state index in [1.54, 1.807) is 7.11 Å². The Kier molecular flexibility index (Phi) is 6.50. The highest BCUT2D eigenvalue weighted by Crippen LogP contribution is 2.44. The van der Waals surface area contributed by atoms with Gasteiger partial charge < -0.3 is 4.74 Å². The first-order valence-corrected chi connectivity index (χ1v) is 13.5. The van der Waals surface area contributed by atoms with E-state index >= 15 is 0 Å². The maximum atomic E-state index is 13.2. The van der Waals surface area contributed by atoms with Crippen LogP contribution in [0.2, 0.25) is 0 Å². The second-order valence-corrected chi connectivity index (χ2v) is 10.3. The molecule has 0 fully saturated rings. The molecule has 38 heavy (non-hydrogen) atoms. The molecule has 1 atom stereocenters. The molecule has 0 saturated carbocycles. The van der Waals surface area contributed by atoms with Crippen LogP contribution in [0.4, 0.5) is 0 Å². The van der Waals surface area contributed by atoms with Gasteiger partial charge in [0.1, 0.15) is 5.75 Å². The fraction of sp³-hybridized carbons (Fsp3) is 0.0588. The molecule has 0 aliphatic heterocycles. The van der Waals surface area contributed by atoms with Gasteiger partial charge in [0.25, 0.3) is 0 Å². The van der Waals surface area contributed by atoms with Gasteiger partial charge in [-0.25, -0.2) is 4.21 Å². The molecule has 0 aromatic heterocycles. The molecule has 6 rings (SSSR count). The molecule has 0 radical (unpaired) electrons. The molecule has 0 heterocycles. The molecule has 6 aromatic rings. The average Bonchev–Trinajstić information content (AvgIpc) is 2.99. The van der Waals surface area contributed by atoms with E-state index < -0.39 is 11.1 Å². The van der Waals surface area contributed by atoms with Crippen LogP contribution in [0.15, 0.2) is 126 Å². The van der Waals surface area contributed by atoms with Gasteiger partial charge in [-0.2, -0.15) is 0 Å². The highest BCUT2D eigenvalue weighted by Gasteiger charge is 2.21. The summed E-state index contributed by atoms with van der Waals surface area (Å²) in [4.78, 5) is 0.616. The minimum absolute atomic E-state index is 0.616. The first kappa shape index (κ1) is 24.1. The smallest absolute Gasteiger partial charge is 0.189 e. The molecule has 1 unspecified atom stereocenters. The number of ether oxygens (including phenoxy) is 1. The van der Waals surface area contributed by atoms with E-state index in [0.29, 0.717) is 4.90 Å². The summed E-state index contributed by atoms with van der Waals surface area (Å²) in [5.41, 5.74) is 6.34. The predicted molar refractivity (Wildman–Crippen MR) is 158 cm³/mol. The van der Waals surface area contributed by atoms with Crippen molar-refractivity contribution < 1.29 is 13.1 Å². The SMILES string of the molecule is COc1ccc2cc(-c3ccccc3)ccc2c1-c1c(S(=O)OC)ccc2cc(-c3ccccc3)ccc12. The van der Waals surface area contributed by atoms with Crippen LogP contribution in [-0.4, -0.2) is 18.4 Å². The number of benzene rings is 6. The molecule has 6 aromatic carbocycles. The molecule has 0 bridgehead atoms. The number of hydrogen-bond acceptors (Lipinski definition) is 3. The summed E-state index contributed by atoms with van der Waals surface area (Å²) >= 11 is -1.64. The number of methoxy groups -OCH3 is 1. The molecule has 3 nitrogen and oxygen atoms in total. The van der Waals surface area contributed by atoms with Crippen molar-refractivity contribution in [1.29, 1.82) is 0 Å². The van der Waals surface area contributed by atoms with E-state index in [4.69, 9.17) is 8.92 Å². The van der Waals surface area contributed by atoms with E-state index in [1.807, 2.05) is 54.6 Å². The molecular formula is C34H26O3S. The van der Waals surface area contributed by atoms with Crippen molar-refractivity contribution in [3.05, 3.63) is 121 Å². The highest BCUT2D eigenvalue weighted by molar-refractivity contribution is 7.80. The Bertz CT molecular complexity index is 1790. The Morgan fingerprint density at radius 1 is 0.526 bits per heavy atom. The number of hydrogen-bond donors (Lipinski definition) is 0. The summed E-state index contributed by atoms with van der Waals surface area (Å²) in [7, 11) is 3.14. The zero-order valence-corrected chi connectivity index (χ0v) is 22.0. The Balaban J connectivity index is 1.64. The molecule has 0 amide bonds. The first-order valence-electron chi connectivity index (χ1n) is 12.4. The van der Waals surface area contributed by atoms with Crippen molar-refractivity contribution in [2.24, 2.45) is 0 Å². The Morgan fingerprint density at radius 2 is 1.05 bits per heavy atom. The van der Waals surface area contributed by atoms with Crippen molar-refractivity contribution >= 4 is 32.6 Å². The summed E-state index contributed by atoms with van der Waals surface area (Å²) in [6.07, 6.45) is 0. The molecule has 0 aliphatic rings. The predicted octanol–water partition coefficient (Wildman–Crippen LogP) is 8.67. The minimum Gasteiger partial charge on any atom is -0.496 e. The fourth-order valence-electron chi connectivity index (χ4n) is 5.15. The minimum atomic E-state index is -1.64. The van der Waals surface area contributed by atoms with Gasteiger partial charge in [-0.3, -0.25) is 4.18 Å². The van der Waals surface area contributed by atoms with Gasteiger partial charge in [0.15, 0.2) is 11.1 Å². The van der Waals surface area contributed by atoms with E-state index in [1.165, 1.54) is 7.11 Å². The number of fused-ring (bicyclic) bond motifs is 2. The van der Waals surface area contributed by atoms with Crippen molar-refractivity contribution in [2.45, 2.75) is 4.90 Å². The van der Waals surface area contributed by atoms with Crippen molar-refractivity contribution in [2.75, 3.05) is 14.2 Å². The second-order valence-electron chi connectivity index (χ2n) is 9.09. The fourth-order valence-corrected chi connectivity index (χ4v) is 5.89. The van der Waals surface area contributed by atoms with Crippen molar-refractivity contribution in [3.8, 4) is 39.1 Å². The summed E-state index contributed by atoms with van der Waals surface area (Å²) in [5.74, 6) is 0.721. The van der Waals surface area contributed by atoms with Crippen LogP contribution >= 0.6 is 0 Å². The lowest BCUT2D eigenvalue weighted by molar-refractivity contribution is 0.417. The van der Waals surface area contributed by atoms with Crippen LogP contribution in [0.25, 0.3) is 54.9 Å². The third-order valence-electron chi connectivity index (χ3n) is 6.98. The number of rotatable bonds is 6.